The van der Waals surface area contributed by atoms with Crippen molar-refractivity contribution in [2.24, 2.45) is 0 Å². The number of nitrogens with two attached hydrogens (primary N) is 2. The van der Waals surface area contributed by atoms with Gasteiger partial charge in [-0.3, -0.25) is 0 Å². The molecule has 2 rings (SSSR count). The summed E-state index contributed by atoms with van der Waals surface area (Å²) in [5.41, 5.74) is 15.8. The molecule has 0 fully saturated rings. The molecule has 2 heteroatoms. The van der Waals surface area contributed by atoms with E-state index in [2.05, 4.69) is 18.6 Å². The van der Waals surface area contributed by atoms with E-state index in [0.717, 1.165) is 24.2 Å². The molecule has 0 saturated carbocycles. The lowest BCUT2D eigenvalue weighted by Crippen LogP contribution is -1.98. The van der Waals surface area contributed by atoms with Crippen LogP contribution in [0.2, 0.25) is 0 Å². The van der Waals surface area contributed by atoms with Crippen LogP contribution in [0.1, 0.15) is 11.1 Å². The van der Waals surface area contributed by atoms with Crippen molar-refractivity contribution in [2.45, 2.75) is 12.8 Å². The number of benzene rings is 2. The summed E-state index contributed by atoms with van der Waals surface area (Å²) in [6, 6.07) is 15.9. The number of anilines is 2. The summed E-state index contributed by atoms with van der Waals surface area (Å²) >= 11 is 0. The van der Waals surface area contributed by atoms with Crippen molar-refractivity contribution in [3.8, 4) is 0 Å². The fourth-order valence-electron chi connectivity index (χ4n) is 1.82. The van der Waals surface area contributed by atoms with E-state index < -0.39 is 0 Å². The van der Waals surface area contributed by atoms with Gasteiger partial charge in [0.15, 0.2) is 0 Å². The zero-order valence-corrected chi connectivity index (χ0v) is 9.77. The van der Waals surface area contributed by atoms with Gasteiger partial charge < -0.3 is 11.5 Å². The first-order valence-corrected chi connectivity index (χ1v) is 5.76. The number of rotatable bonds is 4. The first kappa shape index (κ1) is 11.5. The SMILES string of the molecule is Nc1ccccc1C[CH]Cc1ccccc1N. The summed E-state index contributed by atoms with van der Waals surface area (Å²) in [6.45, 7) is 0. The molecule has 0 aromatic heterocycles. The summed E-state index contributed by atoms with van der Waals surface area (Å²) < 4.78 is 0. The first-order valence-electron chi connectivity index (χ1n) is 5.76. The minimum absolute atomic E-state index is 0.852. The minimum atomic E-state index is 0.852. The van der Waals surface area contributed by atoms with Gasteiger partial charge in [-0.15, -0.1) is 0 Å². The van der Waals surface area contributed by atoms with E-state index in [0.29, 0.717) is 0 Å². The Kier molecular flexibility index (Phi) is 3.66. The molecule has 0 aliphatic rings. The summed E-state index contributed by atoms with van der Waals surface area (Å²) in [4.78, 5) is 0. The van der Waals surface area contributed by atoms with E-state index in [9.17, 15) is 0 Å². The van der Waals surface area contributed by atoms with Crippen molar-refractivity contribution in [1.29, 1.82) is 0 Å². The highest BCUT2D eigenvalue weighted by Gasteiger charge is 2.01. The summed E-state index contributed by atoms with van der Waals surface area (Å²) in [5, 5.41) is 0. The molecule has 2 aromatic carbocycles. The molecule has 2 nitrogen and oxygen atoms in total. The second-order valence-electron chi connectivity index (χ2n) is 4.09. The van der Waals surface area contributed by atoms with E-state index in [1.54, 1.807) is 0 Å². The molecule has 1 radical (unpaired) electrons. The van der Waals surface area contributed by atoms with E-state index >= 15 is 0 Å². The zero-order chi connectivity index (χ0) is 12.1. The Morgan fingerprint density at radius 3 is 1.53 bits per heavy atom. The molecule has 0 heterocycles. The van der Waals surface area contributed by atoms with Crippen LogP contribution in [0.15, 0.2) is 48.5 Å². The zero-order valence-electron chi connectivity index (χ0n) is 9.77. The van der Waals surface area contributed by atoms with E-state index in [1.807, 2.05) is 36.4 Å². The van der Waals surface area contributed by atoms with Crippen LogP contribution in [0.3, 0.4) is 0 Å². The number of hydrogen-bond donors (Lipinski definition) is 2. The van der Waals surface area contributed by atoms with Crippen LogP contribution in [-0.2, 0) is 12.8 Å². The molecule has 17 heavy (non-hydrogen) atoms. The smallest absolute Gasteiger partial charge is 0.0346 e. The molecule has 0 aliphatic carbocycles. The van der Waals surface area contributed by atoms with Gasteiger partial charge in [-0.2, -0.15) is 0 Å². The van der Waals surface area contributed by atoms with Gasteiger partial charge >= 0.3 is 0 Å². The molecule has 0 amide bonds. The van der Waals surface area contributed by atoms with Crippen molar-refractivity contribution in [3.63, 3.8) is 0 Å². The third-order valence-electron chi connectivity index (χ3n) is 2.84. The maximum atomic E-state index is 5.89. The lowest BCUT2D eigenvalue weighted by Gasteiger charge is -2.06. The van der Waals surface area contributed by atoms with Crippen LogP contribution in [0.5, 0.6) is 0 Å². The second-order valence-corrected chi connectivity index (χ2v) is 4.09. The molecule has 0 aliphatic heterocycles. The van der Waals surface area contributed by atoms with Crippen LogP contribution >= 0.6 is 0 Å². The Balaban J connectivity index is 1.93. The standard InChI is InChI=1S/C15H17N2/c16-14-10-3-1-6-12(14)8-5-9-13-7-2-4-11-15(13)17/h1-7,10-11H,8-9,16-17H2. The Morgan fingerprint density at radius 1 is 0.706 bits per heavy atom. The van der Waals surface area contributed by atoms with Crippen LogP contribution in [0.25, 0.3) is 0 Å². The number of hydrogen-bond acceptors (Lipinski definition) is 2. The average Bonchev–Trinajstić information content (AvgIpc) is 2.34. The van der Waals surface area contributed by atoms with Gasteiger partial charge in [0.05, 0.1) is 0 Å². The van der Waals surface area contributed by atoms with Crippen molar-refractivity contribution in [2.75, 3.05) is 11.5 Å². The predicted octanol–water partition coefficient (Wildman–Crippen LogP) is 2.84. The molecular weight excluding hydrogens is 208 g/mol. The lowest BCUT2D eigenvalue weighted by atomic mass is 10.0. The maximum Gasteiger partial charge on any atom is 0.0346 e. The Morgan fingerprint density at radius 2 is 1.12 bits per heavy atom. The van der Waals surface area contributed by atoms with Crippen LogP contribution in [-0.4, -0.2) is 0 Å². The fraction of sp³-hybridized carbons (Fsp3) is 0.133. The topological polar surface area (TPSA) is 52.0 Å². The average molecular weight is 225 g/mol. The van der Waals surface area contributed by atoms with E-state index in [-0.39, 0.29) is 0 Å². The fourth-order valence-corrected chi connectivity index (χ4v) is 1.82. The summed E-state index contributed by atoms with van der Waals surface area (Å²) in [6.07, 6.45) is 3.96. The molecular formula is C15H17N2. The molecule has 0 bridgehead atoms. The predicted molar refractivity (Wildman–Crippen MR) is 73.4 cm³/mol. The van der Waals surface area contributed by atoms with Gasteiger partial charge in [-0.1, -0.05) is 36.4 Å². The summed E-state index contributed by atoms with van der Waals surface area (Å²) in [7, 11) is 0. The van der Waals surface area contributed by atoms with Crippen molar-refractivity contribution >= 4 is 11.4 Å². The second kappa shape index (κ2) is 5.39. The van der Waals surface area contributed by atoms with Crippen LogP contribution in [0.4, 0.5) is 11.4 Å². The highest BCUT2D eigenvalue weighted by Crippen LogP contribution is 2.16. The number of para-hydroxylation sites is 2. The third-order valence-corrected chi connectivity index (χ3v) is 2.84. The van der Waals surface area contributed by atoms with Gasteiger partial charge in [0.25, 0.3) is 0 Å². The maximum absolute atomic E-state index is 5.89. The number of nitrogen functional groups attached to an aromatic ring is 2. The molecule has 0 unspecified atom stereocenters. The first-order chi connectivity index (χ1) is 8.27. The Labute approximate surface area is 102 Å². The normalized spacial score (nSPS) is 10.4. The highest BCUT2D eigenvalue weighted by molar-refractivity contribution is 5.49. The van der Waals surface area contributed by atoms with Crippen LogP contribution in [0, 0.1) is 6.42 Å². The molecule has 4 N–H and O–H groups in total. The van der Waals surface area contributed by atoms with Gasteiger partial charge in [-0.05, 0) is 42.5 Å². The third kappa shape index (κ3) is 3.00. The molecule has 0 spiro atoms. The Hall–Kier alpha value is -1.96. The van der Waals surface area contributed by atoms with Gasteiger partial charge in [0, 0.05) is 11.4 Å². The highest BCUT2D eigenvalue weighted by atomic mass is 14.6. The molecule has 2 aromatic rings. The lowest BCUT2D eigenvalue weighted by molar-refractivity contribution is 1.03. The van der Waals surface area contributed by atoms with Crippen LogP contribution < -0.4 is 11.5 Å². The van der Waals surface area contributed by atoms with Crippen molar-refractivity contribution in [3.05, 3.63) is 66.1 Å². The van der Waals surface area contributed by atoms with E-state index in [4.69, 9.17) is 11.5 Å². The van der Waals surface area contributed by atoms with Gasteiger partial charge in [-0.25, -0.2) is 0 Å². The molecule has 87 valence electrons. The van der Waals surface area contributed by atoms with Crippen molar-refractivity contribution < 1.29 is 0 Å². The Bertz CT molecular complexity index is 446. The quantitative estimate of drug-likeness (QED) is 0.786. The minimum Gasteiger partial charge on any atom is -0.399 e. The molecule has 0 saturated heterocycles. The van der Waals surface area contributed by atoms with Gasteiger partial charge in [0.1, 0.15) is 0 Å². The van der Waals surface area contributed by atoms with Crippen molar-refractivity contribution in [1.82, 2.24) is 0 Å². The molecule has 0 atom stereocenters. The monoisotopic (exact) mass is 225 g/mol. The largest absolute Gasteiger partial charge is 0.399 e. The van der Waals surface area contributed by atoms with E-state index in [1.165, 1.54) is 11.1 Å². The summed E-state index contributed by atoms with van der Waals surface area (Å²) in [5.74, 6) is 0. The van der Waals surface area contributed by atoms with Gasteiger partial charge in [0.2, 0.25) is 0 Å².